The van der Waals surface area contributed by atoms with E-state index in [0.29, 0.717) is 0 Å². The van der Waals surface area contributed by atoms with Gasteiger partial charge in [0.2, 0.25) is 0 Å². The van der Waals surface area contributed by atoms with Crippen molar-refractivity contribution in [1.29, 1.82) is 0 Å². The van der Waals surface area contributed by atoms with Gasteiger partial charge in [-0.1, -0.05) is 16.9 Å². The van der Waals surface area contributed by atoms with E-state index >= 15 is 0 Å². The van der Waals surface area contributed by atoms with E-state index in [4.69, 9.17) is 4.52 Å². The normalized spacial score (nSPS) is 16.1. The predicted octanol–water partition coefficient (Wildman–Crippen LogP) is 7.04. The van der Waals surface area contributed by atoms with Crippen LogP contribution in [-0.4, -0.2) is 0 Å². The maximum absolute atomic E-state index is 4.81. The molecule has 8 unspecified atom stereocenters. The minimum Gasteiger partial charge on any atom is -0.230 e. The number of hydrogen-bond donors (Lipinski definition) is 0. The lowest BCUT2D eigenvalue weighted by molar-refractivity contribution is 2.09. The number of nitrogens with zero attached hydrogens (tertiary/aromatic N) is 1. The van der Waals surface area contributed by atoms with Gasteiger partial charge >= 0.3 is 0 Å². The van der Waals surface area contributed by atoms with Gasteiger partial charge in [-0.15, -0.1) is 44.6 Å². The Balaban J connectivity index is 4.17. The Morgan fingerprint density at radius 2 is 1.46 bits per heavy atom. The van der Waals surface area contributed by atoms with Crippen molar-refractivity contribution in [2.45, 2.75) is 0 Å². The highest BCUT2D eigenvalue weighted by Crippen LogP contribution is 2.99. The summed E-state index contributed by atoms with van der Waals surface area (Å²) in [4.78, 5) is 0. The van der Waals surface area contributed by atoms with Gasteiger partial charge in [0.15, 0.2) is 0 Å². The molecular formula is H13NP12. The molecule has 0 aromatic rings. The first kappa shape index (κ1) is 17.8. The molecule has 0 saturated heterocycles. The summed E-state index contributed by atoms with van der Waals surface area (Å²) in [5.41, 5.74) is 0. The molecule has 0 N–H and O–H groups in total. The van der Waals surface area contributed by atoms with Gasteiger partial charge in [0, 0.05) is 15.0 Å². The van der Waals surface area contributed by atoms with Crippen LogP contribution in [0.15, 0.2) is 4.52 Å². The topological polar surface area (TPSA) is 12.4 Å². The zero-order chi connectivity index (χ0) is 10.4. The molecule has 0 heterocycles. The van der Waals surface area contributed by atoms with Crippen LogP contribution >= 0.6 is 98.0 Å². The maximum atomic E-state index is 4.81. The average molecular weight is 399 g/mol. The SMILES string of the molecule is PPP(P)/P=N/P(P(P)P)P(P)P. The standard InChI is InChI=1S/H13NP12/c2-9-13(7)8-1-10(11(3)4)12(5)6/h9H,2-7H2. The van der Waals surface area contributed by atoms with Gasteiger partial charge in [-0.25, -0.2) is 4.52 Å². The fraction of sp³-hybridized carbons (Fsp3) is 0. The van der Waals surface area contributed by atoms with Crippen LogP contribution in [-0.2, 0) is 0 Å². The molecule has 1 nitrogen and oxygen atoms in total. The third-order valence-electron chi connectivity index (χ3n) is 0.762. The zero-order valence-electron chi connectivity index (χ0n) is 6.65. The Bertz CT molecular complexity index is 139. The van der Waals surface area contributed by atoms with Crippen molar-refractivity contribution in [2.75, 3.05) is 0 Å². The summed E-state index contributed by atoms with van der Waals surface area (Å²) in [5.74, 6) is 0. The molecule has 0 aliphatic carbocycles. The van der Waals surface area contributed by atoms with Crippen molar-refractivity contribution >= 4 is 98.0 Å². The molecule has 78 valence electrons. The second-order valence-corrected chi connectivity index (χ2v) is 38.9. The van der Waals surface area contributed by atoms with E-state index in [9.17, 15) is 0 Å². The first-order valence-electron chi connectivity index (χ1n) is 2.80. The predicted molar refractivity (Wildman–Crippen MR) is 104 cm³/mol. The summed E-state index contributed by atoms with van der Waals surface area (Å²) in [6.45, 7) is -0.00742. The summed E-state index contributed by atoms with van der Waals surface area (Å²) < 4.78 is 4.81. The molecule has 0 bridgehead atoms. The molecule has 0 aromatic heterocycles. The van der Waals surface area contributed by atoms with E-state index in [1.165, 1.54) is 8.06 Å². The lowest BCUT2D eigenvalue weighted by Crippen LogP contribution is -1.40. The molecule has 0 spiro atoms. The number of rotatable bonds is 5. The van der Waals surface area contributed by atoms with Gasteiger partial charge < -0.3 is 0 Å². The Hall–Kier alpha value is 4.83. The minimum atomic E-state index is -0.125. The lowest BCUT2D eigenvalue weighted by Gasteiger charge is -2.19. The van der Waals surface area contributed by atoms with Crippen molar-refractivity contribution in [2.24, 2.45) is 4.52 Å². The van der Waals surface area contributed by atoms with Crippen LogP contribution in [0, 0.1) is 0 Å². The Morgan fingerprint density at radius 1 is 1.00 bits per heavy atom. The van der Waals surface area contributed by atoms with E-state index in [2.05, 4.69) is 53.6 Å². The molecule has 0 aliphatic heterocycles. The summed E-state index contributed by atoms with van der Waals surface area (Å²) in [6.07, 6.45) is 0. The zero-order valence-corrected chi connectivity index (χ0v) is 19.0. The molecule has 0 rings (SSSR count). The fourth-order valence-corrected chi connectivity index (χ4v) is 44.9. The molecule has 0 aliphatic rings. The molecule has 0 radical (unpaired) electrons. The molecule has 8 atom stereocenters. The Morgan fingerprint density at radius 3 is 1.77 bits per heavy atom. The van der Waals surface area contributed by atoms with Crippen LogP contribution in [0.1, 0.15) is 0 Å². The minimum absolute atomic E-state index is 0.0299. The van der Waals surface area contributed by atoms with Crippen molar-refractivity contribution < 1.29 is 0 Å². The molecule has 0 saturated carbocycles. The van der Waals surface area contributed by atoms with Crippen LogP contribution in [0.3, 0.4) is 0 Å². The molecule has 0 aromatic carbocycles. The van der Waals surface area contributed by atoms with Gasteiger partial charge in [0.1, 0.15) is 0 Å². The molecule has 13 heavy (non-hydrogen) atoms. The Labute approximate surface area is 102 Å². The second kappa shape index (κ2) is 10.7. The second-order valence-electron chi connectivity index (χ2n) is 1.68. The molecular weight excluding hydrogens is 386 g/mol. The van der Waals surface area contributed by atoms with Gasteiger partial charge in [-0.3, -0.25) is 0 Å². The van der Waals surface area contributed by atoms with E-state index in [-0.39, 0.29) is 28.4 Å². The highest BCUT2D eigenvalue weighted by Gasteiger charge is 2.16. The van der Waals surface area contributed by atoms with E-state index in [1.807, 2.05) is 0 Å². The quantitative estimate of drug-likeness (QED) is 0.440. The van der Waals surface area contributed by atoms with Gasteiger partial charge in [-0.2, -0.15) is 0 Å². The van der Waals surface area contributed by atoms with Crippen LogP contribution in [0.4, 0.5) is 0 Å². The molecule has 13 heteroatoms. The highest BCUT2D eigenvalue weighted by atomic mass is 33.0. The summed E-state index contributed by atoms with van der Waals surface area (Å²) in [5, 5.41) is 0. The van der Waals surface area contributed by atoms with Gasteiger partial charge in [-0.05, 0) is 14.0 Å². The highest BCUT2D eigenvalue weighted by molar-refractivity contribution is 8.97. The molecule has 0 fully saturated rings. The first-order chi connectivity index (χ1) is 5.99. The van der Waals surface area contributed by atoms with Crippen LogP contribution < -0.4 is 0 Å². The average Bonchev–Trinajstić information content (AvgIpc) is 2.03. The number of hydrogen-bond acceptors (Lipinski definition) is 1. The van der Waals surface area contributed by atoms with Crippen molar-refractivity contribution in [3.05, 3.63) is 0 Å². The smallest absolute Gasteiger partial charge is 0.0845 e. The largest absolute Gasteiger partial charge is 0.230 e. The monoisotopic (exact) mass is 399 g/mol. The van der Waals surface area contributed by atoms with Gasteiger partial charge in [0.05, 0.1) is 7.45 Å². The van der Waals surface area contributed by atoms with Crippen LogP contribution in [0.5, 0.6) is 0 Å². The van der Waals surface area contributed by atoms with E-state index in [1.54, 1.807) is 0 Å². The summed E-state index contributed by atoms with van der Waals surface area (Å²) in [6, 6.07) is 0. The molecule has 0 amide bonds. The summed E-state index contributed by atoms with van der Waals surface area (Å²) in [7, 11) is 19.5. The third kappa shape index (κ3) is 9.41. The van der Waals surface area contributed by atoms with Gasteiger partial charge in [0.25, 0.3) is 0 Å². The lowest BCUT2D eigenvalue weighted by atomic mass is 13.9. The van der Waals surface area contributed by atoms with Crippen molar-refractivity contribution in [3.63, 3.8) is 0 Å². The van der Waals surface area contributed by atoms with Crippen molar-refractivity contribution in [1.82, 2.24) is 0 Å². The van der Waals surface area contributed by atoms with E-state index in [0.717, 1.165) is 7.96 Å². The fourth-order valence-electron chi connectivity index (χ4n) is 0.316. The summed E-state index contributed by atoms with van der Waals surface area (Å²) >= 11 is 0. The van der Waals surface area contributed by atoms with Crippen LogP contribution in [0.2, 0.25) is 0 Å². The van der Waals surface area contributed by atoms with Crippen molar-refractivity contribution in [3.8, 4) is 0 Å². The van der Waals surface area contributed by atoms with E-state index < -0.39 is 0 Å². The first-order valence-corrected chi connectivity index (χ1v) is 22.8. The maximum Gasteiger partial charge on any atom is 0.0845 e. The van der Waals surface area contributed by atoms with Crippen LogP contribution in [0.25, 0.3) is 0 Å². The Kier molecular flexibility index (Phi) is 14.7. The third-order valence-corrected chi connectivity index (χ3v) is 38.9.